The highest BCUT2D eigenvalue weighted by molar-refractivity contribution is 6.25. The second kappa shape index (κ2) is 9.72. The number of methoxy groups -OCH3 is 1. The molecule has 0 radical (unpaired) electrons. The number of carbonyl (C=O) groups excluding carboxylic acids is 3. The van der Waals surface area contributed by atoms with Crippen molar-refractivity contribution in [1.29, 1.82) is 0 Å². The Labute approximate surface area is 252 Å². The number of allylic oxidation sites excluding steroid dienone is 6. The molecular formula is C34H40O9. The SMILES string of the molecule is CO[C@@]12C=C(C(=O)O)[C@@]3(OC4=C(CC=C(C)C)C(=O)C5=C(OC(C)(C)C=C5)C4=O)[C@@H](C1)C(C)(C)O[C@]3(CC=C(C)C)C2=O. The monoisotopic (exact) mass is 592 g/mol. The first-order valence-corrected chi connectivity index (χ1v) is 14.6. The highest BCUT2D eigenvalue weighted by Gasteiger charge is 2.84. The fourth-order valence-electron chi connectivity index (χ4n) is 7.20. The molecule has 4 atom stereocenters. The molecule has 6 rings (SSSR count). The summed E-state index contributed by atoms with van der Waals surface area (Å²) in [6.07, 6.45) is 8.31. The molecular weight excluding hydrogens is 552 g/mol. The van der Waals surface area contributed by atoms with Gasteiger partial charge < -0.3 is 24.1 Å². The molecule has 2 heterocycles. The average Bonchev–Trinajstić information content (AvgIpc) is 3.07. The summed E-state index contributed by atoms with van der Waals surface area (Å²) in [7, 11) is 1.38. The van der Waals surface area contributed by atoms with Crippen LogP contribution in [0.25, 0.3) is 0 Å². The molecule has 1 saturated carbocycles. The Kier molecular flexibility index (Phi) is 6.98. The number of ether oxygens (including phenoxy) is 4. The maximum Gasteiger partial charge on any atom is 0.335 e. The number of rotatable bonds is 8. The number of carboxylic acids is 1. The lowest BCUT2D eigenvalue weighted by Gasteiger charge is -2.57. The molecule has 4 aliphatic carbocycles. The molecule has 0 aromatic heterocycles. The molecule has 6 aliphatic rings. The molecule has 9 nitrogen and oxygen atoms in total. The van der Waals surface area contributed by atoms with Crippen LogP contribution in [0.15, 0.2) is 69.8 Å². The van der Waals surface area contributed by atoms with Gasteiger partial charge in [0.2, 0.25) is 5.78 Å². The summed E-state index contributed by atoms with van der Waals surface area (Å²) in [5.74, 6) is -4.18. The van der Waals surface area contributed by atoms with E-state index in [1.54, 1.807) is 52.0 Å². The zero-order chi connectivity index (χ0) is 31.9. The maximum atomic E-state index is 14.6. The average molecular weight is 593 g/mol. The van der Waals surface area contributed by atoms with Crippen molar-refractivity contribution in [3.05, 3.63) is 69.8 Å². The molecule has 1 N–H and O–H groups in total. The largest absolute Gasteiger partial charge is 0.479 e. The number of hydrogen-bond donors (Lipinski definition) is 1. The van der Waals surface area contributed by atoms with Crippen molar-refractivity contribution in [1.82, 2.24) is 0 Å². The molecule has 9 heteroatoms. The Morgan fingerprint density at radius 1 is 1.05 bits per heavy atom. The van der Waals surface area contributed by atoms with Gasteiger partial charge in [-0.25, -0.2) is 4.79 Å². The molecule has 43 heavy (non-hydrogen) atoms. The molecule has 2 fully saturated rings. The van der Waals surface area contributed by atoms with Gasteiger partial charge in [0.15, 0.2) is 28.5 Å². The van der Waals surface area contributed by atoms with Crippen LogP contribution in [0, 0.1) is 5.92 Å². The van der Waals surface area contributed by atoms with E-state index in [1.165, 1.54) is 13.2 Å². The van der Waals surface area contributed by atoms with Crippen LogP contribution in [0.1, 0.15) is 74.7 Å². The van der Waals surface area contributed by atoms with Crippen molar-refractivity contribution in [2.45, 2.75) is 103 Å². The summed E-state index contributed by atoms with van der Waals surface area (Å²) in [5.41, 5.74) is -5.60. The first-order chi connectivity index (χ1) is 19.9. The second-order valence-electron chi connectivity index (χ2n) is 13.6. The van der Waals surface area contributed by atoms with Crippen molar-refractivity contribution in [2.75, 3.05) is 7.11 Å². The van der Waals surface area contributed by atoms with Crippen molar-refractivity contribution >= 4 is 23.3 Å². The normalized spacial score (nSPS) is 33.2. The van der Waals surface area contributed by atoms with Crippen LogP contribution < -0.4 is 0 Å². The summed E-state index contributed by atoms with van der Waals surface area (Å²) < 4.78 is 25.3. The lowest BCUT2D eigenvalue weighted by atomic mass is 9.50. The molecule has 0 aromatic carbocycles. The molecule has 4 bridgehead atoms. The molecule has 0 amide bonds. The number of Topliss-reactive ketones (excluding diaryl/α,β-unsaturated/α-hetero) is 3. The molecule has 230 valence electrons. The van der Waals surface area contributed by atoms with Crippen LogP contribution >= 0.6 is 0 Å². The Hall–Kier alpha value is -3.56. The van der Waals surface area contributed by atoms with Gasteiger partial charge in [0.05, 0.1) is 22.3 Å². The fourth-order valence-corrected chi connectivity index (χ4v) is 7.20. The second-order valence-corrected chi connectivity index (χ2v) is 13.6. The third-order valence-electron chi connectivity index (χ3n) is 9.24. The van der Waals surface area contributed by atoms with E-state index in [1.807, 2.05) is 27.7 Å². The van der Waals surface area contributed by atoms with Gasteiger partial charge in [-0.05, 0) is 86.5 Å². The minimum Gasteiger partial charge on any atom is -0.479 e. The lowest BCUT2D eigenvalue weighted by molar-refractivity contribution is -0.201. The van der Waals surface area contributed by atoms with Crippen LogP contribution in [0.4, 0.5) is 0 Å². The van der Waals surface area contributed by atoms with Crippen LogP contribution in [0.5, 0.6) is 0 Å². The highest BCUT2D eigenvalue weighted by atomic mass is 16.6. The van der Waals surface area contributed by atoms with Crippen molar-refractivity contribution in [3.63, 3.8) is 0 Å². The smallest absolute Gasteiger partial charge is 0.335 e. The number of carbonyl (C=O) groups is 4. The highest BCUT2D eigenvalue weighted by Crippen LogP contribution is 2.68. The molecule has 0 spiro atoms. The van der Waals surface area contributed by atoms with Gasteiger partial charge in [0.1, 0.15) is 11.2 Å². The van der Waals surface area contributed by atoms with Gasteiger partial charge in [-0.15, -0.1) is 0 Å². The zero-order valence-corrected chi connectivity index (χ0v) is 26.3. The summed E-state index contributed by atoms with van der Waals surface area (Å²) in [6.45, 7) is 14.5. The van der Waals surface area contributed by atoms with Crippen LogP contribution in [-0.4, -0.2) is 63.5 Å². The van der Waals surface area contributed by atoms with Crippen molar-refractivity contribution < 1.29 is 43.2 Å². The lowest BCUT2D eigenvalue weighted by Crippen LogP contribution is -2.75. The van der Waals surface area contributed by atoms with E-state index < -0.39 is 57.2 Å². The minimum absolute atomic E-state index is 0.0250. The summed E-state index contributed by atoms with van der Waals surface area (Å²) in [5, 5.41) is 10.7. The van der Waals surface area contributed by atoms with Crippen molar-refractivity contribution in [2.24, 2.45) is 5.92 Å². The van der Waals surface area contributed by atoms with E-state index in [-0.39, 0.29) is 47.5 Å². The zero-order valence-electron chi connectivity index (χ0n) is 26.3. The van der Waals surface area contributed by atoms with E-state index in [9.17, 15) is 24.3 Å². The van der Waals surface area contributed by atoms with E-state index in [0.29, 0.717) is 0 Å². The van der Waals surface area contributed by atoms with Gasteiger partial charge in [0.25, 0.3) is 5.78 Å². The maximum absolute atomic E-state index is 14.6. The Morgan fingerprint density at radius 3 is 2.28 bits per heavy atom. The standard InChI is InChI=1S/C34H40O9/c1-18(2)10-11-20-24(35)21-13-14-30(5,6)41-26(21)25(36)27(20)42-34-22(28(37)38)16-32(40-9)17-23(34)31(7,8)43-33(34,29(32)39)15-12-19(3)4/h10,12-14,16,23H,11,15,17H2,1-9H3,(H,37,38)/t23-,32-,33+,34+/m0/s1. The van der Waals surface area contributed by atoms with E-state index in [2.05, 4.69) is 0 Å². The van der Waals surface area contributed by atoms with E-state index >= 15 is 0 Å². The van der Waals surface area contributed by atoms with Gasteiger partial charge in [-0.3, -0.25) is 14.4 Å². The quantitative estimate of drug-likeness (QED) is 0.305. The first-order valence-electron chi connectivity index (χ1n) is 14.6. The molecule has 2 aliphatic heterocycles. The third-order valence-corrected chi connectivity index (χ3v) is 9.24. The Balaban J connectivity index is 1.82. The number of aliphatic carboxylic acids is 1. The number of hydrogen-bond acceptors (Lipinski definition) is 8. The van der Waals surface area contributed by atoms with Crippen LogP contribution in [0.2, 0.25) is 0 Å². The Bertz CT molecular complexity index is 1540. The predicted octanol–water partition coefficient (Wildman–Crippen LogP) is 5.03. The fraction of sp³-hybridized carbons (Fsp3) is 0.529. The van der Waals surface area contributed by atoms with Gasteiger partial charge >= 0.3 is 5.97 Å². The van der Waals surface area contributed by atoms with Crippen LogP contribution in [-0.2, 0) is 38.1 Å². The minimum atomic E-state index is -1.95. The van der Waals surface area contributed by atoms with Gasteiger partial charge in [0, 0.05) is 19.4 Å². The van der Waals surface area contributed by atoms with E-state index in [4.69, 9.17) is 18.9 Å². The molecule has 1 saturated heterocycles. The summed E-state index contributed by atoms with van der Waals surface area (Å²) in [4.78, 5) is 56.0. The predicted molar refractivity (Wildman–Crippen MR) is 157 cm³/mol. The summed E-state index contributed by atoms with van der Waals surface area (Å²) in [6, 6.07) is 0. The summed E-state index contributed by atoms with van der Waals surface area (Å²) >= 11 is 0. The number of carboxylic acid groups (broad SMARTS) is 1. The Morgan fingerprint density at radius 2 is 1.70 bits per heavy atom. The molecule has 0 aromatic rings. The molecule has 0 unspecified atom stereocenters. The van der Waals surface area contributed by atoms with Crippen molar-refractivity contribution in [3.8, 4) is 0 Å². The van der Waals surface area contributed by atoms with Crippen LogP contribution in [0.3, 0.4) is 0 Å². The topological polar surface area (TPSA) is 125 Å². The third kappa shape index (κ3) is 4.26. The number of ketones is 3. The van der Waals surface area contributed by atoms with Gasteiger partial charge in [-0.1, -0.05) is 23.3 Å². The van der Waals surface area contributed by atoms with E-state index in [0.717, 1.165) is 11.1 Å². The van der Waals surface area contributed by atoms with Gasteiger partial charge in [-0.2, -0.15) is 0 Å². The first kappa shape index (κ1) is 30.9.